The molecule has 0 bridgehead atoms. The second kappa shape index (κ2) is 12.2. The smallest absolute Gasteiger partial charge is 0.226 e. The lowest BCUT2D eigenvalue weighted by Crippen LogP contribution is -2.35. The Hall–Kier alpha value is -4.70. The molecular formula is C33H34N8O4S. The van der Waals surface area contributed by atoms with E-state index in [0.29, 0.717) is 22.8 Å². The Kier molecular flexibility index (Phi) is 7.98. The number of ether oxygens (including phenoxy) is 2. The molecule has 0 radical (unpaired) electrons. The zero-order valence-corrected chi connectivity index (χ0v) is 26.7. The van der Waals surface area contributed by atoms with Crippen LogP contribution in [0, 0.1) is 16.7 Å². The number of aldehydes is 1. The molecule has 0 N–H and O–H groups in total. The molecule has 46 heavy (non-hydrogen) atoms. The minimum Gasteiger partial charge on any atom is -0.476 e. The summed E-state index contributed by atoms with van der Waals surface area (Å²) in [5, 5.41) is 15.7. The van der Waals surface area contributed by atoms with Crippen molar-refractivity contribution in [3.8, 4) is 35.1 Å². The number of carbonyl (C=O) groups is 1. The van der Waals surface area contributed by atoms with E-state index >= 15 is 0 Å². The first-order chi connectivity index (χ1) is 22.4. The monoisotopic (exact) mass is 638 g/mol. The fraction of sp³-hybridized carbons (Fsp3) is 0.455. The Morgan fingerprint density at radius 3 is 2.59 bits per heavy atom. The average Bonchev–Trinajstić information content (AvgIpc) is 3.82. The number of aliphatic imine (C=N–C) groups is 1. The molecule has 1 atom stereocenters. The zero-order chi connectivity index (χ0) is 31.7. The van der Waals surface area contributed by atoms with Gasteiger partial charge in [0.05, 0.1) is 41.2 Å². The fourth-order valence-corrected chi connectivity index (χ4v) is 8.35. The van der Waals surface area contributed by atoms with Crippen LogP contribution in [0.1, 0.15) is 78.7 Å². The van der Waals surface area contributed by atoms with E-state index in [-0.39, 0.29) is 18.4 Å². The molecule has 12 nitrogen and oxygen atoms in total. The lowest BCUT2D eigenvalue weighted by molar-refractivity contribution is -0.117. The first kappa shape index (κ1) is 30.0. The van der Waals surface area contributed by atoms with Crippen LogP contribution >= 0.6 is 11.3 Å². The third-order valence-electron chi connectivity index (χ3n) is 9.23. The standard InChI is InChI=1S/C33H34N8O4S/c1-41(2)20-37-31-23(14-34)27-24(46-31)8-6-12-33(27)11-5-7-22-28(40-45-29(22)33)30-38-25(43-18-32(17-42)9-3-4-10-32)13-26(39-30)44-21-15-35-19-36-16-21/h13,15-17,19-20H,3-12,18H2,1-2H3/t33-/m0/s1. The number of nitriles is 1. The lowest BCUT2D eigenvalue weighted by atomic mass is 9.63. The van der Waals surface area contributed by atoms with E-state index in [1.54, 1.807) is 36.1 Å². The molecule has 0 aliphatic heterocycles. The van der Waals surface area contributed by atoms with Crippen molar-refractivity contribution in [3.05, 3.63) is 52.1 Å². The molecular weight excluding hydrogens is 604 g/mol. The van der Waals surface area contributed by atoms with E-state index < -0.39 is 10.8 Å². The van der Waals surface area contributed by atoms with Crippen molar-refractivity contribution < 1.29 is 18.8 Å². The van der Waals surface area contributed by atoms with E-state index in [9.17, 15) is 10.1 Å². The molecule has 4 heterocycles. The zero-order valence-electron chi connectivity index (χ0n) is 25.9. The number of aromatic nitrogens is 5. The Labute approximate surface area is 270 Å². The first-order valence-corrected chi connectivity index (χ1v) is 16.4. The van der Waals surface area contributed by atoms with Gasteiger partial charge in [-0.15, -0.1) is 11.3 Å². The number of nitrogens with zero attached hydrogens (tertiary/aromatic N) is 8. The summed E-state index contributed by atoms with van der Waals surface area (Å²) in [6.45, 7) is 0.220. The van der Waals surface area contributed by atoms with E-state index in [1.807, 2.05) is 19.0 Å². The minimum atomic E-state index is -0.522. The number of aryl methyl sites for hydroxylation is 1. The average molecular weight is 639 g/mol. The molecule has 4 aromatic heterocycles. The highest BCUT2D eigenvalue weighted by Gasteiger charge is 2.49. The van der Waals surface area contributed by atoms with Crippen molar-refractivity contribution in [2.24, 2.45) is 10.4 Å². The molecule has 0 aromatic carbocycles. The lowest BCUT2D eigenvalue weighted by Gasteiger charge is -2.39. The molecule has 3 aliphatic carbocycles. The second-order valence-electron chi connectivity index (χ2n) is 12.5. The summed E-state index contributed by atoms with van der Waals surface area (Å²) in [6.07, 6.45) is 16.0. The van der Waals surface area contributed by atoms with Crippen molar-refractivity contribution in [3.63, 3.8) is 0 Å². The third-order valence-corrected chi connectivity index (χ3v) is 10.4. The molecule has 3 aliphatic rings. The van der Waals surface area contributed by atoms with Gasteiger partial charge in [0.15, 0.2) is 23.0 Å². The Bertz CT molecular complexity index is 1820. The number of hydrogen-bond acceptors (Lipinski definition) is 12. The van der Waals surface area contributed by atoms with Crippen molar-refractivity contribution in [1.29, 1.82) is 5.26 Å². The van der Waals surface area contributed by atoms with Gasteiger partial charge < -0.3 is 23.7 Å². The van der Waals surface area contributed by atoms with Gasteiger partial charge >= 0.3 is 0 Å². The van der Waals surface area contributed by atoms with E-state index in [0.717, 1.165) is 92.4 Å². The van der Waals surface area contributed by atoms with Crippen LogP contribution in [0.2, 0.25) is 0 Å². The number of carbonyl (C=O) groups excluding carboxylic acids is 1. The molecule has 13 heteroatoms. The maximum Gasteiger partial charge on any atom is 0.226 e. The van der Waals surface area contributed by atoms with Gasteiger partial charge in [0.25, 0.3) is 0 Å². The summed E-state index contributed by atoms with van der Waals surface area (Å²) in [5.74, 6) is 1.99. The van der Waals surface area contributed by atoms with Gasteiger partial charge in [0.1, 0.15) is 30.3 Å². The highest BCUT2D eigenvalue weighted by molar-refractivity contribution is 7.16. The molecule has 1 spiro atoms. The van der Waals surface area contributed by atoms with Crippen LogP contribution in [0.5, 0.6) is 17.5 Å². The molecule has 0 saturated heterocycles. The summed E-state index contributed by atoms with van der Waals surface area (Å²) in [7, 11) is 3.82. The van der Waals surface area contributed by atoms with Crippen molar-refractivity contribution in [2.75, 3.05) is 20.7 Å². The van der Waals surface area contributed by atoms with Gasteiger partial charge in [-0.05, 0) is 56.9 Å². The molecule has 4 aromatic rings. The number of thiophene rings is 1. The molecule has 236 valence electrons. The molecule has 0 unspecified atom stereocenters. The van der Waals surface area contributed by atoms with Crippen LogP contribution in [0.25, 0.3) is 11.5 Å². The van der Waals surface area contributed by atoms with E-state index in [2.05, 4.69) is 26.2 Å². The summed E-state index contributed by atoms with van der Waals surface area (Å²) in [6, 6.07) is 4.08. The van der Waals surface area contributed by atoms with Crippen LogP contribution in [-0.2, 0) is 23.1 Å². The maximum atomic E-state index is 12.0. The van der Waals surface area contributed by atoms with Crippen LogP contribution in [0.15, 0.2) is 34.3 Å². The Balaban J connectivity index is 1.30. The van der Waals surface area contributed by atoms with Gasteiger partial charge in [0.2, 0.25) is 11.8 Å². The van der Waals surface area contributed by atoms with Crippen LogP contribution in [0.4, 0.5) is 5.00 Å². The first-order valence-electron chi connectivity index (χ1n) is 15.6. The molecule has 7 rings (SSSR count). The highest BCUT2D eigenvalue weighted by atomic mass is 32.1. The van der Waals surface area contributed by atoms with Gasteiger partial charge in [-0.2, -0.15) is 15.2 Å². The number of hydrogen-bond donors (Lipinski definition) is 0. The highest BCUT2D eigenvalue weighted by Crippen LogP contribution is 2.56. The van der Waals surface area contributed by atoms with E-state index in [4.69, 9.17) is 24.0 Å². The van der Waals surface area contributed by atoms with Crippen molar-refractivity contribution in [2.45, 2.75) is 69.6 Å². The van der Waals surface area contributed by atoms with Crippen LogP contribution in [-0.4, -0.2) is 63.3 Å². The summed E-state index contributed by atoms with van der Waals surface area (Å²) in [4.78, 5) is 37.3. The fourth-order valence-electron chi connectivity index (χ4n) is 7.12. The molecule has 1 saturated carbocycles. The SMILES string of the molecule is CN(C)C=Nc1sc2c(c1C#N)[C@@]1(CCC2)CCCc2c(-c3nc(OCC4(C=O)CCCC4)cc(Oc4cncnc4)n3)noc21. The number of fused-ring (bicyclic) bond motifs is 4. The Morgan fingerprint density at radius 2 is 1.85 bits per heavy atom. The van der Waals surface area contributed by atoms with Gasteiger partial charge in [-0.25, -0.2) is 15.0 Å². The predicted molar refractivity (Wildman–Crippen MR) is 170 cm³/mol. The normalized spacial score (nSPS) is 19.8. The van der Waals surface area contributed by atoms with Gasteiger partial charge in [0, 0.05) is 24.5 Å². The van der Waals surface area contributed by atoms with Gasteiger partial charge in [-0.3, -0.25) is 0 Å². The maximum absolute atomic E-state index is 12.0. The van der Waals surface area contributed by atoms with Crippen molar-refractivity contribution >= 4 is 29.0 Å². The van der Waals surface area contributed by atoms with Crippen LogP contribution in [0.3, 0.4) is 0 Å². The summed E-state index contributed by atoms with van der Waals surface area (Å²) >= 11 is 1.59. The summed E-state index contributed by atoms with van der Waals surface area (Å²) in [5.41, 5.74) is 2.10. The topological polar surface area (TPSA) is 153 Å². The third kappa shape index (κ3) is 5.40. The van der Waals surface area contributed by atoms with Crippen LogP contribution < -0.4 is 9.47 Å². The molecule has 0 amide bonds. The van der Waals surface area contributed by atoms with Gasteiger partial charge in [-0.1, -0.05) is 18.0 Å². The van der Waals surface area contributed by atoms with Crippen molar-refractivity contribution in [1.82, 2.24) is 30.0 Å². The largest absolute Gasteiger partial charge is 0.476 e. The predicted octanol–water partition coefficient (Wildman–Crippen LogP) is 5.97. The summed E-state index contributed by atoms with van der Waals surface area (Å²) < 4.78 is 18.4. The molecule has 1 fully saturated rings. The minimum absolute atomic E-state index is 0.220. The number of rotatable bonds is 9. The van der Waals surface area contributed by atoms with E-state index in [1.165, 1.54) is 11.2 Å². The Morgan fingerprint density at radius 1 is 1.09 bits per heavy atom. The second-order valence-corrected chi connectivity index (χ2v) is 13.6. The quantitative estimate of drug-likeness (QED) is 0.121.